The van der Waals surface area contributed by atoms with E-state index in [9.17, 15) is 9.59 Å². The molecule has 0 spiro atoms. The number of pyridine rings is 1. The van der Waals surface area contributed by atoms with Gasteiger partial charge in [-0.3, -0.25) is 14.5 Å². The first kappa shape index (κ1) is 20.6. The van der Waals surface area contributed by atoms with Crippen molar-refractivity contribution in [3.63, 3.8) is 0 Å². The van der Waals surface area contributed by atoms with Gasteiger partial charge >= 0.3 is 0 Å². The van der Waals surface area contributed by atoms with E-state index in [0.29, 0.717) is 23.5 Å². The molecule has 1 unspecified atom stereocenters. The second kappa shape index (κ2) is 8.25. The number of rotatable bonds is 3. The van der Waals surface area contributed by atoms with Gasteiger partial charge in [-0.1, -0.05) is 35.4 Å². The summed E-state index contributed by atoms with van der Waals surface area (Å²) in [7, 11) is 1.81. The van der Waals surface area contributed by atoms with Gasteiger partial charge in [0.2, 0.25) is 0 Å². The summed E-state index contributed by atoms with van der Waals surface area (Å²) < 4.78 is 1.72. The Morgan fingerprint density at radius 2 is 1.67 bits per heavy atom. The minimum atomic E-state index is -0.0370. The fourth-order valence-electron chi connectivity index (χ4n) is 4.17. The van der Waals surface area contributed by atoms with E-state index >= 15 is 0 Å². The van der Waals surface area contributed by atoms with Crippen LogP contribution in [0.5, 0.6) is 0 Å². The fraction of sp³-hybridized carbons (Fsp3) is 0.333. The van der Waals surface area contributed by atoms with Crippen molar-refractivity contribution in [2.24, 2.45) is 7.05 Å². The average molecular weight is 424 g/mol. The number of nitrogens with zero attached hydrogens (tertiary/aromatic N) is 3. The molecule has 1 fully saturated rings. The van der Waals surface area contributed by atoms with E-state index in [0.717, 1.165) is 35.3 Å². The number of piperazine rings is 1. The quantitative estimate of drug-likeness (QED) is 0.639. The highest BCUT2D eigenvalue weighted by molar-refractivity contribution is 6.31. The molecule has 1 aromatic heterocycles. The Morgan fingerprint density at radius 1 is 1.00 bits per heavy atom. The van der Waals surface area contributed by atoms with Gasteiger partial charge in [0.25, 0.3) is 11.5 Å². The van der Waals surface area contributed by atoms with Gasteiger partial charge in [-0.15, -0.1) is 0 Å². The van der Waals surface area contributed by atoms with E-state index in [1.54, 1.807) is 10.6 Å². The summed E-state index contributed by atoms with van der Waals surface area (Å²) in [6.07, 6.45) is 0. The molecular weight excluding hydrogens is 398 g/mol. The second-order valence-electron chi connectivity index (χ2n) is 8.04. The van der Waals surface area contributed by atoms with E-state index in [-0.39, 0.29) is 17.5 Å². The molecule has 1 aliphatic rings. The minimum absolute atomic E-state index is 0.0370. The summed E-state index contributed by atoms with van der Waals surface area (Å²) in [6.45, 7) is 7.02. The van der Waals surface area contributed by atoms with Crippen molar-refractivity contribution in [1.29, 1.82) is 0 Å². The molecule has 0 radical (unpaired) electrons. The number of benzene rings is 2. The molecule has 3 aromatic rings. The normalized spacial score (nSPS) is 16.1. The number of amides is 1. The first-order chi connectivity index (χ1) is 14.3. The van der Waals surface area contributed by atoms with Crippen LogP contribution in [0.25, 0.3) is 10.8 Å². The fourth-order valence-corrected chi connectivity index (χ4v) is 4.34. The Kier molecular flexibility index (Phi) is 5.67. The van der Waals surface area contributed by atoms with Crippen LogP contribution in [0, 0.1) is 6.92 Å². The average Bonchev–Trinajstić information content (AvgIpc) is 2.76. The molecule has 1 aliphatic heterocycles. The smallest absolute Gasteiger partial charge is 0.258 e. The summed E-state index contributed by atoms with van der Waals surface area (Å²) in [6, 6.07) is 15.3. The van der Waals surface area contributed by atoms with Gasteiger partial charge in [0.05, 0.1) is 0 Å². The molecule has 1 atom stereocenters. The molecule has 1 amide bonds. The number of aromatic nitrogens is 1. The molecule has 30 heavy (non-hydrogen) atoms. The third-order valence-electron chi connectivity index (χ3n) is 6.12. The Labute approximate surface area is 181 Å². The van der Waals surface area contributed by atoms with E-state index in [2.05, 4.69) is 17.9 Å². The van der Waals surface area contributed by atoms with Crippen LogP contribution >= 0.6 is 11.6 Å². The Hall–Kier alpha value is -2.63. The highest BCUT2D eigenvalue weighted by Crippen LogP contribution is 2.25. The standard InChI is InChI=1S/C24H26ClN3O2/c1-16-4-6-18(7-5-16)23(29)28-12-10-27(11-13-28)17(2)22-14-19-8-9-20(25)15-21(19)24(30)26(22)3/h4-9,14-15,17H,10-13H2,1-3H3. The van der Waals surface area contributed by atoms with E-state index in [1.807, 2.05) is 55.3 Å². The molecule has 156 valence electrons. The van der Waals surface area contributed by atoms with Crippen LogP contribution in [0.3, 0.4) is 0 Å². The van der Waals surface area contributed by atoms with Crippen molar-refractivity contribution in [2.45, 2.75) is 19.9 Å². The van der Waals surface area contributed by atoms with Gasteiger partial charge in [0.15, 0.2) is 0 Å². The molecule has 0 bridgehead atoms. The third kappa shape index (κ3) is 3.87. The third-order valence-corrected chi connectivity index (χ3v) is 6.35. The number of hydrogen-bond acceptors (Lipinski definition) is 3. The predicted molar refractivity (Wildman–Crippen MR) is 121 cm³/mol. The topological polar surface area (TPSA) is 45.6 Å². The number of hydrogen-bond donors (Lipinski definition) is 0. The van der Waals surface area contributed by atoms with Crippen molar-refractivity contribution in [1.82, 2.24) is 14.4 Å². The lowest BCUT2D eigenvalue weighted by Crippen LogP contribution is -2.49. The summed E-state index contributed by atoms with van der Waals surface area (Å²) in [5, 5.41) is 2.10. The molecule has 4 rings (SSSR count). The van der Waals surface area contributed by atoms with Crippen molar-refractivity contribution >= 4 is 28.3 Å². The first-order valence-electron chi connectivity index (χ1n) is 10.2. The summed E-state index contributed by atoms with van der Waals surface area (Å²) in [4.78, 5) is 29.9. The number of halogens is 1. The molecule has 5 nitrogen and oxygen atoms in total. The van der Waals surface area contributed by atoms with E-state index < -0.39 is 0 Å². The van der Waals surface area contributed by atoms with Gasteiger partial charge in [-0.25, -0.2) is 0 Å². The maximum absolute atomic E-state index is 12.8. The lowest BCUT2D eigenvalue weighted by Gasteiger charge is -2.38. The minimum Gasteiger partial charge on any atom is -0.336 e. The van der Waals surface area contributed by atoms with Crippen LogP contribution in [0.15, 0.2) is 53.3 Å². The lowest BCUT2D eigenvalue weighted by molar-refractivity contribution is 0.0576. The monoisotopic (exact) mass is 423 g/mol. The first-order valence-corrected chi connectivity index (χ1v) is 10.6. The summed E-state index contributed by atoms with van der Waals surface area (Å²) in [5.74, 6) is 0.0808. The maximum Gasteiger partial charge on any atom is 0.258 e. The van der Waals surface area contributed by atoms with Crippen molar-refractivity contribution < 1.29 is 4.79 Å². The zero-order valence-electron chi connectivity index (χ0n) is 17.6. The lowest BCUT2D eigenvalue weighted by atomic mass is 10.1. The highest BCUT2D eigenvalue weighted by Gasteiger charge is 2.26. The number of aryl methyl sites for hydroxylation is 1. The SMILES string of the molecule is Cc1ccc(C(=O)N2CCN(C(C)c3cc4ccc(Cl)cc4c(=O)n3C)CC2)cc1. The van der Waals surface area contributed by atoms with Crippen LogP contribution in [0.2, 0.25) is 5.02 Å². The summed E-state index contributed by atoms with van der Waals surface area (Å²) in [5.41, 5.74) is 2.81. The largest absolute Gasteiger partial charge is 0.336 e. The van der Waals surface area contributed by atoms with Crippen LogP contribution in [0.1, 0.15) is 34.6 Å². The molecule has 0 saturated carbocycles. The van der Waals surface area contributed by atoms with Crippen molar-refractivity contribution in [2.75, 3.05) is 26.2 Å². The Balaban J connectivity index is 1.50. The Bertz CT molecular complexity index is 1150. The number of carbonyl (C=O) groups is 1. The van der Waals surface area contributed by atoms with Gasteiger partial charge in [0, 0.05) is 60.9 Å². The number of fused-ring (bicyclic) bond motifs is 1. The predicted octanol–water partition coefficient (Wildman–Crippen LogP) is 4.02. The van der Waals surface area contributed by atoms with Crippen molar-refractivity contribution in [3.8, 4) is 0 Å². The highest BCUT2D eigenvalue weighted by atomic mass is 35.5. The molecule has 6 heteroatoms. The molecule has 0 N–H and O–H groups in total. The van der Waals surface area contributed by atoms with Crippen LogP contribution < -0.4 is 5.56 Å². The maximum atomic E-state index is 12.8. The van der Waals surface area contributed by atoms with Gasteiger partial charge in [-0.2, -0.15) is 0 Å². The van der Waals surface area contributed by atoms with Gasteiger partial charge in [-0.05, 0) is 49.6 Å². The van der Waals surface area contributed by atoms with Gasteiger partial charge in [0.1, 0.15) is 0 Å². The van der Waals surface area contributed by atoms with Crippen LogP contribution in [-0.2, 0) is 7.05 Å². The molecular formula is C24H26ClN3O2. The zero-order chi connectivity index (χ0) is 21.4. The van der Waals surface area contributed by atoms with Crippen molar-refractivity contribution in [3.05, 3.63) is 80.7 Å². The second-order valence-corrected chi connectivity index (χ2v) is 8.47. The molecule has 0 aliphatic carbocycles. The summed E-state index contributed by atoms with van der Waals surface area (Å²) >= 11 is 6.07. The van der Waals surface area contributed by atoms with Gasteiger partial charge < -0.3 is 9.47 Å². The van der Waals surface area contributed by atoms with Crippen LogP contribution in [0.4, 0.5) is 0 Å². The molecule has 1 saturated heterocycles. The molecule has 2 heterocycles. The van der Waals surface area contributed by atoms with Crippen LogP contribution in [-0.4, -0.2) is 46.5 Å². The number of carbonyl (C=O) groups excluding carboxylic acids is 1. The Morgan fingerprint density at radius 3 is 2.33 bits per heavy atom. The zero-order valence-corrected chi connectivity index (χ0v) is 18.3. The van der Waals surface area contributed by atoms with E-state index in [4.69, 9.17) is 11.6 Å². The molecule has 2 aromatic carbocycles. The van der Waals surface area contributed by atoms with E-state index in [1.165, 1.54) is 0 Å².